The van der Waals surface area contributed by atoms with Crippen LogP contribution in [-0.4, -0.2) is 4.98 Å². The maximum absolute atomic E-state index is 5.61. The second kappa shape index (κ2) is 11.8. The van der Waals surface area contributed by atoms with Crippen LogP contribution in [0.15, 0.2) is 108 Å². The Morgan fingerprint density at radius 1 is 0.700 bits per heavy atom. The van der Waals surface area contributed by atoms with E-state index in [4.69, 9.17) is 4.74 Å². The van der Waals surface area contributed by atoms with Gasteiger partial charge in [0.25, 0.3) is 0 Å². The van der Waals surface area contributed by atoms with Gasteiger partial charge in [0.15, 0.2) is 0 Å². The van der Waals surface area contributed by atoms with E-state index in [0.717, 1.165) is 17.1 Å². The Morgan fingerprint density at radius 3 is 1.97 bits per heavy atom. The lowest BCUT2D eigenvalue weighted by molar-refractivity contribution is 0.305. The SMILES string of the molecule is Cc1ccc(OCc2cccnc2)cc1.Cc1ccc(SCc2ccccc2)cc1. The molecule has 0 saturated heterocycles. The minimum atomic E-state index is 0.566. The molecule has 0 spiro atoms. The van der Waals surface area contributed by atoms with E-state index in [1.807, 2.05) is 54.4 Å². The summed E-state index contributed by atoms with van der Waals surface area (Å²) in [5.74, 6) is 1.94. The number of ether oxygens (including phenoxy) is 1. The lowest BCUT2D eigenvalue weighted by atomic mass is 10.2. The van der Waals surface area contributed by atoms with Crippen LogP contribution in [0.3, 0.4) is 0 Å². The molecule has 0 bridgehead atoms. The van der Waals surface area contributed by atoms with Crippen molar-refractivity contribution in [2.24, 2.45) is 0 Å². The van der Waals surface area contributed by atoms with Gasteiger partial charge in [0.2, 0.25) is 0 Å². The molecule has 0 N–H and O–H groups in total. The number of pyridine rings is 1. The molecule has 3 heteroatoms. The van der Waals surface area contributed by atoms with E-state index in [1.165, 1.54) is 21.6 Å². The monoisotopic (exact) mass is 413 g/mol. The van der Waals surface area contributed by atoms with Crippen LogP contribution < -0.4 is 4.74 Å². The number of benzene rings is 3. The number of aryl methyl sites for hydroxylation is 2. The Kier molecular flexibility index (Phi) is 8.55. The first-order valence-corrected chi connectivity index (χ1v) is 11.0. The highest BCUT2D eigenvalue weighted by molar-refractivity contribution is 7.98. The molecular formula is C27H27NOS. The van der Waals surface area contributed by atoms with E-state index in [9.17, 15) is 0 Å². The number of hydrogen-bond donors (Lipinski definition) is 0. The molecule has 1 aromatic heterocycles. The zero-order chi connectivity index (χ0) is 21.0. The van der Waals surface area contributed by atoms with Crippen LogP contribution in [-0.2, 0) is 12.4 Å². The molecule has 0 fully saturated rings. The Bertz CT molecular complexity index is 899. The standard InChI is InChI=1S/C14H14S.C13H13NO/c1-12-7-9-14(10-8-12)15-11-13-5-3-2-4-6-13;1-11-4-6-13(7-5-11)15-10-12-3-2-8-14-9-12/h2-10H,11H2,1H3;2-9H,10H2,1H3. The summed E-state index contributed by atoms with van der Waals surface area (Å²) in [5, 5.41) is 0. The normalized spacial score (nSPS) is 10.1. The van der Waals surface area contributed by atoms with Gasteiger partial charge in [0.1, 0.15) is 12.4 Å². The number of thioether (sulfide) groups is 1. The smallest absolute Gasteiger partial charge is 0.119 e. The minimum absolute atomic E-state index is 0.566. The van der Waals surface area contributed by atoms with Crippen LogP contribution >= 0.6 is 11.8 Å². The Morgan fingerprint density at radius 2 is 1.33 bits per heavy atom. The maximum atomic E-state index is 5.61. The summed E-state index contributed by atoms with van der Waals surface area (Å²) in [6.45, 7) is 4.74. The first-order chi connectivity index (χ1) is 14.7. The molecular weight excluding hydrogens is 386 g/mol. The lowest BCUT2D eigenvalue weighted by Gasteiger charge is -2.05. The first kappa shape index (κ1) is 21.7. The zero-order valence-electron chi connectivity index (χ0n) is 17.5. The van der Waals surface area contributed by atoms with E-state index < -0.39 is 0 Å². The highest BCUT2D eigenvalue weighted by Crippen LogP contribution is 2.22. The lowest BCUT2D eigenvalue weighted by Crippen LogP contribution is -1.95. The molecule has 4 rings (SSSR count). The van der Waals surface area contributed by atoms with Crippen LogP contribution in [0.4, 0.5) is 0 Å². The predicted octanol–water partition coefficient (Wildman–Crippen LogP) is 7.26. The van der Waals surface area contributed by atoms with Gasteiger partial charge in [-0.2, -0.15) is 0 Å². The van der Waals surface area contributed by atoms with Crippen molar-refractivity contribution in [1.29, 1.82) is 0 Å². The summed E-state index contributed by atoms with van der Waals surface area (Å²) >= 11 is 1.88. The molecule has 152 valence electrons. The van der Waals surface area contributed by atoms with Crippen LogP contribution in [0, 0.1) is 13.8 Å². The fourth-order valence-electron chi connectivity index (χ4n) is 2.66. The maximum Gasteiger partial charge on any atom is 0.119 e. The third-order valence-electron chi connectivity index (χ3n) is 4.42. The fourth-order valence-corrected chi connectivity index (χ4v) is 3.51. The summed E-state index contributed by atoms with van der Waals surface area (Å²) in [4.78, 5) is 5.37. The molecule has 0 radical (unpaired) electrons. The second-order valence-electron chi connectivity index (χ2n) is 7.05. The van der Waals surface area contributed by atoms with Crippen LogP contribution in [0.5, 0.6) is 5.75 Å². The van der Waals surface area contributed by atoms with Gasteiger partial charge >= 0.3 is 0 Å². The van der Waals surface area contributed by atoms with E-state index in [-0.39, 0.29) is 0 Å². The van der Waals surface area contributed by atoms with Gasteiger partial charge in [0, 0.05) is 28.6 Å². The van der Waals surface area contributed by atoms with Crippen molar-refractivity contribution in [3.05, 3.63) is 126 Å². The number of nitrogens with zero attached hydrogens (tertiary/aromatic N) is 1. The molecule has 2 nitrogen and oxygen atoms in total. The first-order valence-electron chi connectivity index (χ1n) is 10.0. The average molecular weight is 414 g/mol. The number of rotatable bonds is 6. The van der Waals surface area contributed by atoms with Crippen molar-refractivity contribution in [2.75, 3.05) is 0 Å². The van der Waals surface area contributed by atoms with Crippen molar-refractivity contribution in [3.63, 3.8) is 0 Å². The molecule has 0 unspecified atom stereocenters. The Labute approximate surface area is 184 Å². The zero-order valence-corrected chi connectivity index (χ0v) is 18.3. The molecule has 0 atom stereocenters. The summed E-state index contributed by atoms with van der Waals surface area (Å²) in [7, 11) is 0. The highest BCUT2D eigenvalue weighted by atomic mass is 32.2. The summed E-state index contributed by atoms with van der Waals surface area (Å²) in [6.07, 6.45) is 3.57. The van der Waals surface area contributed by atoms with Crippen LogP contribution in [0.1, 0.15) is 22.3 Å². The van der Waals surface area contributed by atoms with Crippen LogP contribution in [0.2, 0.25) is 0 Å². The van der Waals surface area contributed by atoms with Crippen LogP contribution in [0.25, 0.3) is 0 Å². The van der Waals surface area contributed by atoms with Gasteiger partial charge in [-0.1, -0.05) is 71.8 Å². The Hall–Kier alpha value is -3.04. The van der Waals surface area contributed by atoms with E-state index in [1.54, 1.807) is 6.20 Å². The highest BCUT2D eigenvalue weighted by Gasteiger charge is 1.96. The summed E-state index contributed by atoms with van der Waals surface area (Å²) in [5.41, 5.74) is 5.02. The van der Waals surface area contributed by atoms with Crippen molar-refractivity contribution < 1.29 is 4.74 Å². The third kappa shape index (κ3) is 7.76. The van der Waals surface area contributed by atoms with E-state index >= 15 is 0 Å². The summed E-state index contributed by atoms with van der Waals surface area (Å²) in [6, 6.07) is 31.2. The predicted molar refractivity (Wildman–Crippen MR) is 127 cm³/mol. The van der Waals surface area contributed by atoms with Crippen molar-refractivity contribution in [2.45, 2.75) is 31.1 Å². The Balaban J connectivity index is 0.000000171. The van der Waals surface area contributed by atoms with Crippen molar-refractivity contribution in [3.8, 4) is 5.75 Å². The molecule has 0 aliphatic rings. The second-order valence-corrected chi connectivity index (χ2v) is 8.10. The molecule has 30 heavy (non-hydrogen) atoms. The van der Waals surface area contributed by atoms with Gasteiger partial charge < -0.3 is 4.74 Å². The molecule has 0 aliphatic heterocycles. The van der Waals surface area contributed by atoms with E-state index in [0.29, 0.717) is 6.61 Å². The largest absolute Gasteiger partial charge is 0.489 e. The van der Waals surface area contributed by atoms with Gasteiger partial charge in [-0.05, 0) is 49.7 Å². The topological polar surface area (TPSA) is 22.1 Å². The average Bonchev–Trinajstić information content (AvgIpc) is 2.80. The van der Waals surface area contributed by atoms with Crippen molar-refractivity contribution in [1.82, 2.24) is 4.98 Å². The molecule has 1 heterocycles. The van der Waals surface area contributed by atoms with Gasteiger partial charge in [-0.25, -0.2) is 0 Å². The molecule has 4 aromatic rings. The van der Waals surface area contributed by atoms with Crippen molar-refractivity contribution >= 4 is 11.8 Å². The van der Waals surface area contributed by atoms with Gasteiger partial charge in [0.05, 0.1) is 0 Å². The molecule has 3 aromatic carbocycles. The quantitative estimate of drug-likeness (QED) is 0.311. The summed E-state index contributed by atoms with van der Waals surface area (Å²) < 4.78 is 5.61. The molecule has 0 saturated carbocycles. The molecule has 0 aliphatic carbocycles. The fraction of sp³-hybridized carbons (Fsp3) is 0.148. The number of hydrogen-bond acceptors (Lipinski definition) is 3. The number of aromatic nitrogens is 1. The third-order valence-corrected chi connectivity index (χ3v) is 5.50. The van der Waals surface area contributed by atoms with E-state index in [2.05, 4.69) is 73.4 Å². The minimum Gasteiger partial charge on any atom is -0.489 e. The molecule has 0 amide bonds. The van der Waals surface area contributed by atoms with Gasteiger partial charge in [-0.3, -0.25) is 4.98 Å². The van der Waals surface area contributed by atoms with Gasteiger partial charge in [-0.15, -0.1) is 11.8 Å².